The third-order valence-corrected chi connectivity index (χ3v) is 4.46. The highest BCUT2D eigenvalue weighted by Gasteiger charge is 2.20. The Labute approximate surface area is 136 Å². The molecule has 0 aromatic heterocycles. The van der Waals surface area contributed by atoms with Gasteiger partial charge in [0.15, 0.2) is 0 Å². The van der Waals surface area contributed by atoms with Crippen LogP contribution >= 0.6 is 0 Å². The molecule has 0 spiro atoms. The zero-order valence-electron chi connectivity index (χ0n) is 12.6. The van der Waals surface area contributed by atoms with Crippen LogP contribution < -0.4 is 0 Å². The van der Waals surface area contributed by atoms with Gasteiger partial charge in [-0.15, -0.1) is 0 Å². The van der Waals surface area contributed by atoms with E-state index in [1.807, 2.05) is 25.1 Å². The van der Waals surface area contributed by atoms with Crippen molar-refractivity contribution in [2.75, 3.05) is 6.61 Å². The number of rotatable bonds is 4. The molecule has 1 N–H and O–H groups in total. The van der Waals surface area contributed by atoms with Gasteiger partial charge in [0, 0.05) is 23.3 Å². The van der Waals surface area contributed by atoms with Crippen molar-refractivity contribution in [3.63, 3.8) is 0 Å². The summed E-state index contributed by atoms with van der Waals surface area (Å²) in [4.78, 5) is 5.08. The largest absolute Gasteiger partial charge is 0.772 e. The number of para-hydroxylation sites is 1. The molecule has 6 heteroatoms. The molecule has 0 aliphatic carbocycles. The molecule has 0 bridgehead atoms. The van der Waals surface area contributed by atoms with Crippen LogP contribution in [0.1, 0.15) is 23.1 Å². The van der Waals surface area contributed by atoms with Crippen LogP contribution in [0.25, 0.3) is 11.1 Å². The van der Waals surface area contributed by atoms with Crippen molar-refractivity contribution in [1.29, 1.82) is 0 Å². The Morgan fingerprint density at radius 3 is 2.70 bits per heavy atom. The predicted molar refractivity (Wildman–Crippen MR) is 88.0 cm³/mol. The summed E-state index contributed by atoms with van der Waals surface area (Å²) in [5.74, 6) is 0.113. The molecule has 2 aromatic rings. The molecule has 0 amide bonds. The molecule has 3 rings (SSSR count). The van der Waals surface area contributed by atoms with E-state index in [4.69, 9.17) is 4.84 Å². The summed E-state index contributed by atoms with van der Waals surface area (Å²) in [5.41, 5.74) is 4.69. The molecule has 1 unspecified atom stereocenters. The Morgan fingerprint density at radius 2 is 2.04 bits per heavy atom. The molecule has 23 heavy (non-hydrogen) atoms. The molecule has 2 aromatic carbocycles. The van der Waals surface area contributed by atoms with E-state index >= 15 is 0 Å². The maximum atomic E-state index is 11.1. The van der Waals surface area contributed by atoms with E-state index in [2.05, 4.69) is 5.16 Å². The molecule has 1 heterocycles. The van der Waals surface area contributed by atoms with Gasteiger partial charge >= 0.3 is 0 Å². The van der Waals surface area contributed by atoms with Crippen molar-refractivity contribution in [3.8, 4) is 16.9 Å². The summed E-state index contributed by atoms with van der Waals surface area (Å²) in [6.45, 7) is 2.41. The minimum atomic E-state index is -2.19. The van der Waals surface area contributed by atoms with Crippen LogP contribution in [0.5, 0.6) is 5.75 Å². The number of nitrogens with zero attached hydrogens (tertiary/aromatic N) is 1. The van der Waals surface area contributed by atoms with Gasteiger partial charge in [-0.1, -0.05) is 46.6 Å². The summed E-state index contributed by atoms with van der Waals surface area (Å²) < 4.78 is 22.3. The summed E-state index contributed by atoms with van der Waals surface area (Å²) in [6.07, 6.45) is 0.642. The summed E-state index contributed by atoms with van der Waals surface area (Å²) in [6, 6.07) is 10.7. The highest BCUT2D eigenvalue weighted by Crippen LogP contribution is 2.35. The normalized spacial score (nSPS) is 15.1. The maximum absolute atomic E-state index is 11.1. The lowest BCUT2D eigenvalue weighted by Crippen LogP contribution is -2.09. The van der Waals surface area contributed by atoms with E-state index in [1.165, 1.54) is 0 Å². The first-order chi connectivity index (χ1) is 11.1. The zero-order valence-corrected chi connectivity index (χ0v) is 13.4. The first kappa shape index (κ1) is 15.7. The predicted octanol–water partition coefficient (Wildman–Crippen LogP) is 2.87. The Kier molecular flexibility index (Phi) is 4.45. The van der Waals surface area contributed by atoms with Gasteiger partial charge in [0.2, 0.25) is 0 Å². The van der Waals surface area contributed by atoms with Crippen LogP contribution in [-0.4, -0.2) is 26.2 Å². The lowest BCUT2D eigenvalue weighted by atomic mass is 9.90. The van der Waals surface area contributed by atoms with Gasteiger partial charge in [0.1, 0.15) is 12.4 Å². The Bertz CT molecular complexity index is 801. The molecular formula is C17H16NO4S-. The Morgan fingerprint density at radius 1 is 1.26 bits per heavy atom. The van der Waals surface area contributed by atoms with E-state index in [0.29, 0.717) is 24.2 Å². The average Bonchev–Trinajstić information content (AvgIpc) is 3.02. The summed E-state index contributed by atoms with van der Waals surface area (Å²) >= 11 is -2.19. The molecular weight excluding hydrogens is 314 g/mol. The molecule has 1 atom stereocenters. The summed E-state index contributed by atoms with van der Waals surface area (Å²) in [7, 11) is 0. The van der Waals surface area contributed by atoms with Crippen molar-refractivity contribution in [2.45, 2.75) is 19.1 Å². The number of hydrogen-bond acceptors (Lipinski definition) is 5. The van der Waals surface area contributed by atoms with Crippen LogP contribution in [0.2, 0.25) is 0 Å². The van der Waals surface area contributed by atoms with Crippen LogP contribution in [0.15, 0.2) is 41.6 Å². The minimum Gasteiger partial charge on any atom is -0.772 e. The summed E-state index contributed by atoms with van der Waals surface area (Å²) in [5, 5.41) is 14.2. The zero-order chi connectivity index (χ0) is 16.4. The van der Waals surface area contributed by atoms with Gasteiger partial charge in [0.05, 0.1) is 5.71 Å². The monoisotopic (exact) mass is 330 g/mol. The number of phenolic OH excluding ortho intramolecular Hbond substituents is 1. The average molecular weight is 330 g/mol. The van der Waals surface area contributed by atoms with E-state index in [0.717, 1.165) is 22.4 Å². The van der Waals surface area contributed by atoms with Crippen molar-refractivity contribution in [2.24, 2.45) is 5.16 Å². The third-order valence-electron chi connectivity index (χ3n) is 3.91. The maximum Gasteiger partial charge on any atom is 0.123 e. The first-order valence-electron chi connectivity index (χ1n) is 7.24. The van der Waals surface area contributed by atoms with Crippen molar-refractivity contribution in [1.82, 2.24) is 0 Å². The minimum absolute atomic E-state index is 0.0732. The Balaban J connectivity index is 2.19. The van der Waals surface area contributed by atoms with Crippen LogP contribution in [0.3, 0.4) is 0 Å². The second kappa shape index (κ2) is 6.52. The fraction of sp³-hybridized carbons (Fsp3) is 0.235. The number of benzene rings is 2. The third kappa shape index (κ3) is 3.13. The molecule has 0 saturated heterocycles. The molecule has 0 fully saturated rings. The van der Waals surface area contributed by atoms with Crippen LogP contribution in [0.4, 0.5) is 0 Å². The van der Waals surface area contributed by atoms with Crippen LogP contribution in [-0.2, 0) is 21.7 Å². The molecule has 0 radical (unpaired) electrons. The molecule has 5 nitrogen and oxygen atoms in total. The smallest absolute Gasteiger partial charge is 0.123 e. The highest BCUT2D eigenvalue weighted by molar-refractivity contribution is 7.78. The van der Waals surface area contributed by atoms with Gasteiger partial charge in [0.25, 0.3) is 0 Å². The van der Waals surface area contributed by atoms with Crippen molar-refractivity contribution < 1.29 is 18.7 Å². The Hall–Kier alpha value is -2.18. The second-order valence-corrected chi connectivity index (χ2v) is 6.25. The number of hydrogen-bond donors (Lipinski definition) is 1. The molecule has 120 valence electrons. The number of oxime groups is 1. The van der Waals surface area contributed by atoms with E-state index in [-0.39, 0.29) is 11.5 Å². The van der Waals surface area contributed by atoms with Crippen LogP contribution in [0, 0.1) is 6.92 Å². The lowest BCUT2D eigenvalue weighted by molar-refractivity contribution is 0.174. The second-order valence-electron chi connectivity index (χ2n) is 5.36. The van der Waals surface area contributed by atoms with Gasteiger partial charge < -0.3 is 14.5 Å². The van der Waals surface area contributed by atoms with E-state index in [1.54, 1.807) is 18.2 Å². The lowest BCUT2D eigenvalue weighted by Gasteiger charge is -2.17. The van der Waals surface area contributed by atoms with Gasteiger partial charge in [-0.2, -0.15) is 0 Å². The van der Waals surface area contributed by atoms with Gasteiger partial charge in [-0.05, 0) is 29.7 Å². The standard InChI is InChI=1S/C17H17NO4S/c1-11-13(14-4-2-3-5-16(14)19)7-6-12(10-23(20)21)17(11)15-8-9-22-18-15/h2-7,19H,8-10H2,1H3,(H,20,21)/p-1. The number of aromatic hydroxyl groups is 1. The van der Waals surface area contributed by atoms with Crippen molar-refractivity contribution in [3.05, 3.63) is 53.1 Å². The van der Waals surface area contributed by atoms with Crippen molar-refractivity contribution >= 4 is 16.8 Å². The first-order valence-corrected chi connectivity index (χ1v) is 8.48. The van der Waals surface area contributed by atoms with Gasteiger partial charge in [-0.25, -0.2) is 0 Å². The topological polar surface area (TPSA) is 82.0 Å². The SMILES string of the molecule is Cc1c(-c2ccccc2O)ccc(CS(=O)[O-])c1C1=NOCC1. The van der Waals surface area contributed by atoms with E-state index < -0.39 is 11.1 Å². The number of phenols is 1. The quantitative estimate of drug-likeness (QED) is 0.874. The molecule has 1 aliphatic heterocycles. The molecule has 0 saturated carbocycles. The van der Waals surface area contributed by atoms with Gasteiger partial charge in [-0.3, -0.25) is 4.21 Å². The molecule has 1 aliphatic rings. The van der Waals surface area contributed by atoms with E-state index in [9.17, 15) is 13.9 Å². The fourth-order valence-electron chi connectivity index (χ4n) is 2.89. The highest BCUT2D eigenvalue weighted by atomic mass is 32.2. The fourth-order valence-corrected chi connectivity index (χ4v) is 3.39.